The number of carbonyl (C=O) groups excluding carboxylic acids is 2. The molecule has 1 amide bonds. The van der Waals surface area contributed by atoms with E-state index in [2.05, 4.69) is 18.6 Å². The van der Waals surface area contributed by atoms with Gasteiger partial charge in [-0.1, -0.05) is 49.7 Å². The molecule has 0 spiro atoms. The predicted molar refractivity (Wildman–Crippen MR) is 171 cm³/mol. The van der Waals surface area contributed by atoms with E-state index in [0.29, 0.717) is 74.7 Å². The second kappa shape index (κ2) is 13.6. The number of amides is 1. The molecule has 0 radical (unpaired) electrons. The van der Waals surface area contributed by atoms with Gasteiger partial charge in [-0.15, -0.1) is 0 Å². The minimum atomic E-state index is -3.79. The fraction of sp³-hybridized carbons (Fsp3) is 0.515. The van der Waals surface area contributed by atoms with Gasteiger partial charge >= 0.3 is 5.97 Å². The highest BCUT2D eigenvalue weighted by Gasteiger charge is 2.36. The van der Waals surface area contributed by atoms with Crippen LogP contribution in [0, 0.1) is 11.8 Å². The summed E-state index contributed by atoms with van der Waals surface area (Å²) in [7, 11) is -0.543. The van der Waals surface area contributed by atoms with Crippen molar-refractivity contribution in [1.82, 2.24) is 14.2 Å². The predicted octanol–water partition coefficient (Wildman–Crippen LogP) is 5.32. The Bertz CT molecular complexity index is 1610. The molecule has 11 heteroatoms. The van der Waals surface area contributed by atoms with E-state index >= 15 is 0 Å². The largest absolute Gasteiger partial charge is 0.469 e. The second-order valence-corrected chi connectivity index (χ2v) is 14.4. The third-order valence-electron chi connectivity index (χ3n) is 9.11. The summed E-state index contributed by atoms with van der Waals surface area (Å²) in [6.45, 7) is 5.97. The SMILES string of the molecule is COC(=O)CCc1ccc(-c2c(Cl)c3ccc(S(=O)(=O)NC4CCC(C(=O)N5CCOC[C@@H]5C(C)C)CC4)cc3n2C)cc1. The number of fused-ring (bicyclic) bond motifs is 1. The molecule has 2 fully saturated rings. The maximum Gasteiger partial charge on any atom is 0.305 e. The second-order valence-electron chi connectivity index (χ2n) is 12.3. The number of rotatable bonds is 9. The molecule has 2 aromatic carbocycles. The Labute approximate surface area is 264 Å². The van der Waals surface area contributed by atoms with Crippen LogP contribution < -0.4 is 4.72 Å². The first-order valence-corrected chi connectivity index (χ1v) is 17.2. The Morgan fingerprint density at radius 2 is 1.80 bits per heavy atom. The number of hydrogen-bond acceptors (Lipinski definition) is 6. The number of aryl methyl sites for hydroxylation is 2. The molecule has 1 atom stereocenters. The van der Waals surface area contributed by atoms with Crippen molar-refractivity contribution in [2.75, 3.05) is 26.9 Å². The topological polar surface area (TPSA) is 107 Å². The molecule has 1 saturated heterocycles. The molecule has 1 saturated carbocycles. The highest BCUT2D eigenvalue weighted by atomic mass is 35.5. The Balaban J connectivity index is 1.26. The van der Waals surface area contributed by atoms with Gasteiger partial charge in [0.05, 0.1) is 47.5 Å². The van der Waals surface area contributed by atoms with Crippen LogP contribution in [0.5, 0.6) is 0 Å². The van der Waals surface area contributed by atoms with Crippen LogP contribution in [0.3, 0.4) is 0 Å². The van der Waals surface area contributed by atoms with Gasteiger partial charge in [-0.2, -0.15) is 0 Å². The number of sulfonamides is 1. The van der Waals surface area contributed by atoms with Crippen LogP contribution in [0.25, 0.3) is 22.2 Å². The van der Waals surface area contributed by atoms with Gasteiger partial charge in [0.1, 0.15) is 0 Å². The number of esters is 1. The van der Waals surface area contributed by atoms with Crippen molar-refractivity contribution < 1.29 is 27.5 Å². The van der Waals surface area contributed by atoms with E-state index in [-0.39, 0.29) is 34.8 Å². The summed E-state index contributed by atoms with van der Waals surface area (Å²) in [6.07, 6.45) is 3.43. The summed E-state index contributed by atoms with van der Waals surface area (Å²) in [5.74, 6) is 0.153. The van der Waals surface area contributed by atoms with Crippen molar-refractivity contribution in [2.45, 2.75) is 69.4 Å². The molecule has 1 N–H and O–H groups in total. The molecule has 2 aliphatic rings. The van der Waals surface area contributed by atoms with Crippen LogP contribution in [0.4, 0.5) is 0 Å². The van der Waals surface area contributed by atoms with Crippen LogP contribution in [0.15, 0.2) is 47.4 Å². The van der Waals surface area contributed by atoms with Crippen LogP contribution >= 0.6 is 11.6 Å². The maximum absolute atomic E-state index is 13.5. The first-order valence-electron chi connectivity index (χ1n) is 15.3. The average molecular weight is 644 g/mol. The molecule has 44 heavy (non-hydrogen) atoms. The Morgan fingerprint density at radius 3 is 2.45 bits per heavy atom. The van der Waals surface area contributed by atoms with Crippen LogP contribution in [-0.2, 0) is 42.6 Å². The van der Waals surface area contributed by atoms with E-state index in [1.807, 2.05) is 40.8 Å². The maximum atomic E-state index is 13.5. The standard InChI is InChI=1S/C33H42ClN3O6S/c1-21(2)29-20-43-18-17-37(29)33(39)24-10-12-25(13-11-24)35-44(40,41)26-14-15-27-28(19-26)36(3)32(31(27)34)23-8-5-22(6-9-23)7-16-30(38)42-4/h5-6,8-9,14-15,19,21,24-25,29,35H,7,10-13,16-18,20H2,1-4H3/t24?,25?,29-/m1/s1. The van der Waals surface area contributed by atoms with Crippen molar-refractivity contribution in [3.8, 4) is 11.3 Å². The number of nitrogens with zero attached hydrogens (tertiary/aromatic N) is 2. The van der Waals surface area contributed by atoms with Crippen molar-refractivity contribution in [1.29, 1.82) is 0 Å². The number of benzene rings is 2. The number of hydrogen-bond donors (Lipinski definition) is 1. The van der Waals surface area contributed by atoms with Crippen LogP contribution in [0.2, 0.25) is 5.02 Å². The minimum Gasteiger partial charge on any atom is -0.469 e. The van der Waals surface area contributed by atoms with Gasteiger partial charge in [0, 0.05) is 37.4 Å². The number of nitrogens with one attached hydrogen (secondary N) is 1. The number of methoxy groups -OCH3 is 1. The van der Waals surface area contributed by atoms with Gasteiger partial charge < -0.3 is 18.9 Å². The van der Waals surface area contributed by atoms with E-state index in [1.54, 1.807) is 18.2 Å². The molecular weight excluding hydrogens is 602 g/mol. The molecular formula is C33H42ClN3O6S. The zero-order chi connectivity index (χ0) is 31.6. The van der Waals surface area contributed by atoms with Gasteiger partial charge in [-0.25, -0.2) is 13.1 Å². The minimum absolute atomic E-state index is 0.0858. The molecule has 0 bridgehead atoms. The molecule has 5 rings (SSSR count). The molecule has 2 heterocycles. The van der Waals surface area contributed by atoms with Crippen molar-refractivity contribution in [3.05, 3.63) is 53.1 Å². The lowest BCUT2D eigenvalue weighted by Gasteiger charge is -2.41. The lowest BCUT2D eigenvalue weighted by Crippen LogP contribution is -2.53. The van der Waals surface area contributed by atoms with E-state index in [0.717, 1.165) is 22.2 Å². The van der Waals surface area contributed by atoms with E-state index in [4.69, 9.17) is 21.1 Å². The average Bonchev–Trinajstić information content (AvgIpc) is 3.28. The van der Waals surface area contributed by atoms with Crippen molar-refractivity contribution in [2.24, 2.45) is 18.9 Å². The number of halogens is 1. The third kappa shape index (κ3) is 6.83. The zero-order valence-electron chi connectivity index (χ0n) is 25.8. The Kier molecular flexibility index (Phi) is 10.0. The summed E-state index contributed by atoms with van der Waals surface area (Å²) in [5.41, 5.74) is 3.39. The van der Waals surface area contributed by atoms with E-state index < -0.39 is 10.0 Å². The number of carbonyl (C=O) groups is 2. The van der Waals surface area contributed by atoms with E-state index in [9.17, 15) is 18.0 Å². The highest BCUT2D eigenvalue weighted by molar-refractivity contribution is 7.89. The molecule has 0 unspecified atom stereocenters. The summed E-state index contributed by atoms with van der Waals surface area (Å²) < 4.78 is 42.1. The first kappa shape index (κ1) is 32.5. The van der Waals surface area contributed by atoms with Crippen molar-refractivity contribution >= 4 is 44.4 Å². The van der Waals surface area contributed by atoms with Gasteiger partial charge in [-0.3, -0.25) is 9.59 Å². The van der Waals surface area contributed by atoms with Gasteiger partial charge in [0.2, 0.25) is 15.9 Å². The highest BCUT2D eigenvalue weighted by Crippen LogP contribution is 2.38. The lowest BCUT2D eigenvalue weighted by atomic mass is 9.85. The summed E-state index contributed by atoms with van der Waals surface area (Å²) in [4.78, 5) is 27.0. The fourth-order valence-electron chi connectivity index (χ4n) is 6.46. The smallest absolute Gasteiger partial charge is 0.305 e. The quantitative estimate of drug-likeness (QED) is 0.316. The number of ether oxygens (including phenoxy) is 2. The fourth-order valence-corrected chi connectivity index (χ4v) is 8.18. The number of aromatic nitrogens is 1. The van der Waals surface area contributed by atoms with E-state index in [1.165, 1.54) is 7.11 Å². The normalized spacial score (nSPS) is 21.1. The molecule has 9 nitrogen and oxygen atoms in total. The van der Waals surface area contributed by atoms with Crippen molar-refractivity contribution in [3.63, 3.8) is 0 Å². The third-order valence-corrected chi connectivity index (χ3v) is 11.0. The zero-order valence-corrected chi connectivity index (χ0v) is 27.4. The summed E-state index contributed by atoms with van der Waals surface area (Å²) >= 11 is 6.82. The summed E-state index contributed by atoms with van der Waals surface area (Å²) in [6, 6.07) is 12.7. The van der Waals surface area contributed by atoms with Gasteiger partial charge in [0.15, 0.2) is 0 Å². The molecule has 1 aliphatic carbocycles. The lowest BCUT2D eigenvalue weighted by molar-refractivity contribution is -0.147. The molecule has 238 valence electrons. The molecule has 3 aromatic rings. The van der Waals surface area contributed by atoms with Gasteiger partial charge in [-0.05, 0) is 67.3 Å². The Morgan fingerprint density at radius 1 is 1.09 bits per heavy atom. The number of morpholine rings is 1. The Hall–Kier alpha value is -2.92. The first-order chi connectivity index (χ1) is 21.0. The molecule has 1 aliphatic heterocycles. The van der Waals surface area contributed by atoms with Gasteiger partial charge in [0.25, 0.3) is 0 Å². The van der Waals surface area contributed by atoms with Crippen LogP contribution in [-0.4, -0.2) is 68.7 Å². The summed E-state index contributed by atoms with van der Waals surface area (Å²) in [5, 5.41) is 1.31. The molecule has 1 aromatic heterocycles. The van der Waals surface area contributed by atoms with Crippen LogP contribution in [0.1, 0.15) is 51.5 Å². The monoisotopic (exact) mass is 643 g/mol.